The van der Waals surface area contributed by atoms with E-state index in [9.17, 15) is 22.8 Å². The Kier molecular flexibility index (Phi) is 5.44. The minimum Gasteiger partial charge on any atom is -0.454 e. The fourth-order valence-electron chi connectivity index (χ4n) is 0.668. The maximum atomic E-state index is 11.7. The number of rotatable bonds is 5. The molecule has 0 aliphatic carbocycles. The van der Waals surface area contributed by atoms with Crippen molar-refractivity contribution in [2.45, 2.75) is 33.4 Å². The fraction of sp³-hybridized carbons (Fsp3) is 0.800. The highest BCUT2D eigenvalue weighted by Crippen LogP contribution is 2.21. The third kappa shape index (κ3) is 6.80. The lowest BCUT2D eigenvalue weighted by molar-refractivity contribution is -0.190. The van der Waals surface area contributed by atoms with Crippen molar-refractivity contribution in [1.82, 2.24) is 0 Å². The number of carbonyl (C=O) groups excluding carboxylic acids is 2. The summed E-state index contributed by atoms with van der Waals surface area (Å²) in [6.07, 6.45) is -4.09. The van der Waals surface area contributed by atoms with E-state index in [1.165, 1.54) is 0 Å². The highest BCUT2D eigenvalue weighted by Gasteiger charge is 2.31. The summed E-state index contributed by atoms with van der Waals surface area (Å²) < 4.78 is 43.4. The van der Waals surface area contributed by atoms with Gasteiger partial charge in [0.2, 0.25) is 0 Å². The first-order chi connectivity index (χ1) is 7.58. The van der Waals surface area contributed by atoms with E-state index >= 15 is 0 Å². The van der Waals surface area contributed by atoms with Gasteiger partial charge in [0.15, 0.2) is 13.2 Å². The predicted octanol–water partition coefficient (Wildman–Crippen LogP) is 2.07. The summed E-state index contributed by atoms with van der Waals surface area (Å²) in [5.74, 6) is -1.87. The molecule has 0 rings (SSSR count). The molecular formula is C10H15F3O4. The molecule has 0 unspecified atom stereocenters. The normalized spacial score (nSPS) is 12.1. The van der Waals surface area contributed by atoms with Gasteiger partial charge in [0.05, 0.1) is 5.41 Å². The van der Waals surface area contributed by atoms with Gasteiger partial charge >= 0.3 is 18.1 Å². The molecule has 0 bridgehead atoms. The summed E-state index contributed by atoms with van der Waals surface area (Å²) >= 11 is 0. The molecule has 0 atom stereocenters. The highest BCUT2D eigenvalue weighted by atomic mass is 19.4. The van der Waals surface area contributed by atoms with E-state index in [4.69, 9.17) is 0 Å². The Balaban J connectivity index is 3.97. The Hall–Kier alpha value is -1.27. The summed E-state index contributed by atoms with van der Waals surface area (Å²) in [5, 5.41) is 0. The molecule has 0 amide bonds. The van der Waals surface area contributed by atoms with Crippen molar-refractivity contribution in [3.8, 4) is 0 Å². The molecule has 7 heteroatoms. The summed E-state index contributed by atoms with van der Waals surface area (Å²) in [5.41, 5.74) is -0.774. The number of esters is 2. The van der Waals surface area contributed by atoms with Crippen LogP contribution in [0.3, 0.4) is 0 Å². The second kappa shape index (κ2) is 5.88. The number of alkyl halides is 3. The average Bonchev–Trinajstić information content (AvgIpc) is 2.21. The van der Waals surface area contributed by atoms with Crippen LogP contribution in [0, 0.1) is 5.41 Å². The quantitative estimate of drug-likeness (QED) is 0.706. The molecule has 4 nitrogen and oxygen atoms in total. The lowest BCUT2D eigenvalue weighted by Gasteiger charge is -2.19. The van der Waals surface area contributed by atoms with Crippen LogP contribution in [0.5, 0.6) is 0 Å². The van der Waals surface area contributed by atoms with E-state index in [0.29, 0.717) is 6.42 Å². The van der Waals surface area contributed by atoms with Crippen LogP contribution >= 0.6 is 0 Å². The molecule has 0 radical (unpaired) electrons. The van der Waals surface area contributed by atoms with Gasteiger partial charge in [-0.15, -0.1) is 0 Å². The van der Waals surface area contributed by atoms with E-state index < -0.39 is 36.7 Å². The van der Waals surface area contributed by atoms with E-state index in [1.54, 1.807) is 20.8 Å². The van der Waals surface area contributed by atoms with Gasteiger partial charge in [-0.25, -0.2) is 4.79 Å². The smallest absolute Gasteiger partial charge is 0.422 e. The average molecular weight is 256 g/mol. The topological polar surface area (TPSA) is 52.6 Å². The minimum atomic E-state index is -4.58. The number of hydrogen-bond donors (Lipinski definition) is 0. The first kappa shape index (κ1) is 15.7. The monoisotopic (exact) mass is 256 g/mol. The first-order valence-corrected chi connectivity index (χ1v) is 4.98. The Morgan fingerprint density at radius 1 is 1.12 bits per heavy atom. The molecule has 0 saturated carbocycles. The van der Waals surface area contributed by atoms with E-state index in [0.717, 1.165) is 0 Å². The van der Waals surface area contributed by atoms with Gasteiger partial charge in [0, 0.05) is 0 Å². The molecule has 0 aromatic rings. The molecule has 0 N–H and O–H groups in total. The van der Waals surface area contributed by atoms with Crippen LogP contribution in [0.4, 0.5) is 13.2 Å². The number of halogens is 3. The van der Waals surface area contributed by atoms with Gasteiger partial charge in [0.1, 0.15) is 0 Å². The highest BCUT2D eigenvalue weighted by molar-refractivity contribution is 5.79. The van der Waals surface area contributed by atoms with Crippen molar-refractivity contribution >= 4 is 11.9 Å². The van der Waals surface area contributed by atoms with Gasteiger partial charge in [-0.1, -0.05) is 6.92 Å². The van der Waals surface area contributed by atoms with E-state index in [2.05, 4.69) is 9.47 Å². The summed E-state index contributed by atoms with van der Waals surface area (Å²) in [4.78, 5) is 22.2. The minimum absolute atomic E-state index is 0.490. The molecule has 0 aliphatic heterocycles. The standard InChI is InChI=1S/C10H15F3O4/c1-4-9(2,3)8(15)16-5-7(14)17-6-10(11,12)13/h4-6H2,1-3H3. The molecule has 17 heavy (non-hydrogen) atoms. The molecule has 0 spiro atoms. The Morgan fingerprint density at radius 2 is 1.65 bits per heavy atom. The van der Waals surface area contributed by atoms with Crippen molar-refractivity contribution < 1.29 is 32.2 Å². The van der Waals surface area contributed by atoms with Crippen molar-refractivity contribution in [2.75, 3.05) is 13.2 Å². The molecule has 0 saturated heterocycles. The third-order valence-corrected chi connectivity index (χ3v) is 2.15. The zero-order valence-electron chi connectivity index (χ0n) is 9.89. The van der Waals surface area contributed by atoms with Gasteiger partial charge in [-0.05, 0) is 20.3 Å². The second-order valence-electron chi connectivity index (χ2n) is 4.09. The molecular weight excluding hydrogens is 241 g/mol. The maximum Gasteiger partial charge on any atom is 0.422 e. The third-order valence-electron chi connectivity index (χ3n) is 2.15. The van der Waals surface area contributed by atoms with Gasteiger partial charge in [0.25, 0.3) is 0 Å². The number of hydrogen-bond acceptors (Lipinski definition) is 4. The van der Waals surface area contributed by atoms with Crippen molar-refractivity contribution in [3.05, 3.63) is 0 Å². The molecule has 0 aromatic carbocycles. The van der Waals surface area contributed by atoms with Gasteiger partial charge < -0.3 is 9.47 Å². The molecule has 100 valence electrons. The Morgan fingerprint density at radius 3 is 2.06 bits per heavy atom. The van der Waals surface area contributed by atoms with Gasteiger partial charge in [-0.3, -0.25) is 4.79 Å². The molecule has 0 aromatic heterocycles. The van der Waals surface area contributed by atoms with Crippen molar-refractivity contribution in [3.63, 3.8) is 0 Å². The summed E-state index contributed by atoms with van der Waals surface area (Å²) in [7, 11) is 0. The largest absolute Gasteiger partial charge is 0.454 e. The predicted molar refractivity (Wildman–Crippen MR) is 52.0 cm³/mol. The molecule has 0 heterocycles. The maximum absolute atomic E-state index is 11.7. The van der Waals surface area contributed by atoms with Crippen LogP contribution < -0.4 is 0 Å². The SMILES string of the molecule is CCC(C)(C)C(=O)OCC(=O)OCC(F)(F)F. The van der Waals surface area contributed by atoms with E-state index in [-0.39, 0.29) is 0 Å². The lowest BCUT2D eigenvalue weighted by atomic mass is 9.91. The fourth-order valence-corrected chi connectivity index (χ4v) is 0.668. The van der Waals surface area contributed by atoms with Crippen molar-refractivity contribution in [2.24, 2.45) is 5.41 Å². The first-order valence-electron chi connectivity index (χ1n) is 4.98. The molecule has 0 aliphatic rings. The van der Waals surface area contributed by atoms with Crippen LogP contribution in [-0.2, 0) is 19.1 Å². The van der Waals surface area contributed by atoms with Crippen LogP contribution in [0.25, 0.3) is 0 Å². The zero-order chi connectivity index (χ0) is 13.7. The van der Waals surface area contributed by atoms with Crippen LogP contribution in [0.15, 0.2) is 0 Å². The van der Waals surface area contributed by atoms with Crippen molar-refractivity contribution in [1.29, 1.82) is 0 Å². The lowest BCUT2D eigenvalue weighted by Crippen LogP contribution is -2.29. The molecule has 0 fully saturated rings. The van der Waals surface area contributed by atoms with Crippen LogP contribution in [0.2, 0.25) is 0 Å². The van der Waals surface area contributed by atoms with E-state index in [1.807, 2.05) is 0 Å². The zero-order valence-corrected chi connectivity index (χ0v) is 9.89. The number of ether oxygens (including phenoxy) is 2. The number of carbonyl (C=O) groups is 2. The van der Waals surface area contributed by atoms with Crippen LogP contribution in [-0.4, -0.2) is 31.3 Å². The summed E-state index contributed by atoms with van der Waals surface area (Å²) in [6, 6.07) is 0. The second-order valence-corrected chi connectivity index (χ2v) is 4.09. The Bertz CT molecular complexity index is 284. The summed E-state index contributed by atoms with van der Waals surface area (Å²) in [6.45, 7) is 2.48. The van der Waals surface area contributed by atoms with Gasteiger partial charge in [-0.2, -0.15) is 13.2 Å². The Labute approximate surface area is 97.1 Å². The van der Waals surface area contributed by atoms with Crippen LogP contribution in [0.1, 0.15) is 27.2 Å².